The second kappa shape index (κ2) is 19.1. The fraction of sp³-hybridized carbons (Fsp3) is 0.452. The molecule has 0 aliphatic heterocycles. The van der Waals surface area contributed by atoms with Crippen molar-refractivity contribution < 1.29 is 58.5 Å². The molecule has 0 radical (unpaired) electrons. The molecule has 0 saturated heterocycles. The third-order valence-corrected chi connectivity index (χ3v) is 8.96. The van der Waals surface area contributed by atoms with Crippen LogP contribution in [0.2, 0.25) is 5.02 Å². The number of sulfone groups is 1. The number of nitrogens with one attached hydrogen (secondary N) is 4. The van der Waals surface area contributed by atoms with Crippen molar-refractivity contribution in [1.29, 1.82) is 0 Å². The van der Waals surface area contributed by atoms with Crippen molar-refractivity contribution in [2.24, 2.45) is 11.7 Å². The highest BCUT2D eigenvalue weighted by Gasteiger charge is 2.37. The van der Waals surface area contributed by atoms with Gasteiger partial charge >= 0.3 is 5.51 Å². The lowest BCUT2D eigenvalue weighted by Gasteiger charge is -2.26. The fourth-order valence-electron chi connectivity index (χ4n) is 4.32. The Balaban J connectivity index is 0.00000156. The molecule has 0 heterocycles. The maximum absolute atomic E-state index is 13.2. The highest BCUT2D eigenvalue weighted by molar-refractivity contribution is 7.90. The number of carbonyl (C=O) groups excluding carboxylic acids is 5. The maximum atomic E-state index is 13.2. The molecule has 0 aliphatic rings. The molecule has 0 saturated carbocycles. The number of alkyl halides is 3. The Morgan fingerprint density at radius 2 is 1.47 bits per heavy atom. The molecule has 2 atom stereocenters. The van der Waals surface area contributed by atoms with Gasteiger partial charge in [-0.1, -0.05) is 55.8 Å². The molecule has 22 heteroatoms. The third-order valence-electron chi connectivity index (χ3n) is 6.96. The van der Waals surface area contributed by atoms with Crippen LogP contribution < -0.4 is 31.5 Å². The lowest BCUT2D eigenvalue weighted by molar-refractivity contribution is -0.130. The standard InChI is InChI=1S/C30H41ClN6O7S.CHF3O3S/c1-18(2)27(36-28(40)20-15-24(45(6,43)44)23(16-21(20)31)37(3,4)5)30(42)33-13-12-26(39)35-22(29(41)34-17-25(32)38)14-19-10-8-7-9-11-19;2-1(3,4)8(5,6)7/h7-11,15-16,18,22,27H,12-14,17H2,1-6H3,(H5-,32,33,34,35,36,38,39,40,41,42);(H,5,6,7)/t22-,27-;/m0./s1. The van der Waals surface area contributed by atoms with Gasteiger partial charge in [-0.15, -0.1) is 0 Å². The van der Waals surface area contributed by atoms with Crippen molar-refractivity contribution in [2.45, 2.75) is 49.2 Å². The predicted octanol–water partition coefficient (Wildman–Crippen LogP) is 0.581. The van der Waals surface area contributed by atoms with Gasteiger partial charge in [0.2, 0.25) is 23.6 Å². The van der Waals surface area contributed by atoms with Crippen molar-refractivity contribution in [3.8, 4) is 0 Å². The number of primary amides is 1. The number of nitrogens with zero attached hydrogens (tertiary/aromatic N) is 1. The average Bonchev–Trinajstić information content (AvgIpc) is 3.00. The fourth-order valence-corrected chi connectivity index (χ4v) is 5.61. The highest BCUT2D eigenvalue weighted by atomic mass is 35.5. The molecule has 0 fully saturated rings. The molecule has 5 amide bonds. The molecule has 296 valence electrons. The average molecular weight is 815 g/mol. The number of halogens is 4. The summed E-state index contributed by atoms with van der Waals surface area (Å²) in [5.74, 6) is -3.56. The summed E-state index contributed by atoms with van der Waals surface area (Å²) in [5, 5.41) is 10.3. The molecule has 0 unspecified atom stereocenters. The van der Waals surface area contributed by atoms with Crippen LogP contribution in [-0.4, -0.2) is 109 Å². The minimum Gasteiger partial charge on any atom is -0.741 e. The van der Waals surface area contributed by atoms with Crippen LogP contribution in [0.3, 0.4) is 0 Å². The van der Waals surface area contributed by atoms with E-state index in [9.17, 15) is 45.6 Å². The van der Waals surface area contributed by atoms with Crippen LogP contribution in [0.4, 0.5) is 18.9 Å². The van der Waals surface area contributed by atoms with E-state index < -0.39 is 67.1 Å². The van der Waals surface area contributed by atoms with Crippen LogP contribution in [0.25, 0.3) is 0 Å². The van der Waals surface area contributed by atoms with E-state index in [2.05, 4.69) is 21.3 Å². The summed E-state index contributed by atoms with van der Waals surface area (Å²) < 4.78 is 84.1. The summed E-state index contributed by atoms with van der Waals surface area (Å²) in [4.78, 5) is 62.7. The Bertz CT molecular complexity index is 1870. The number of hydrogen-bond acceptors (Lipinski definition) is 10. The van der Waals surface area contributed by atoms with Gasteiger partial charge in [0.25, 0.3) is 5.91 Å². The summed E-state index contributed by atoms with van der Waals surface area (Å²) in [5.41, 5.74) is 0.530. The van der Waals surface area contributed by atoms with E-state index >= 15 is 0 Å². The zero-order valence-corrected chi connectivity index (χ0v) is 31.9. The smallest absolute Gasteiger partial charge is 0.485 e. The number of benzene rings is 2. The van der Waals surface area contributed by atoms with Gasteiger partial charge in [0.15, 0.2) is 25.6 Å². The van der Waals surface area contributed by atoms with E-state index in [1.54, 1.807) is 59.3 Å². The van der Waals surface area contributed by atoms with Gasteiger partial charge in [-0.05, 0) is 17.5 Å². The summed E-state index contributed by atoms with van der Waals surface area (Å²) >= 11 is 6.40. The van der Waals surface area contributed by atoms with Gasteiger partial charge in [0.1, 0.15) is 17.0 Å². The predicted molar refractivity (Wildman–Crippen MR) is 188 cm³/mol. The number of quaternary nitrogens is 1. The molecule has 53 heavy (non-hydrogen) atoms. The van der Waals surface area contributed by atoms with E-state index in [0.717, 1.165) is 11.8 Å². The van der Waals surface area contributed by atoms with Gasteiger partial charge in [-0.25, -0.2) is 16.8 Å². The SMILES string of the molecule is CC(C)[C@H](NC(=O)c1cc(S(C)(=O)=O)c([N+](C)(C)C)cc1Cl)C(=O)NCCC(=O)N[C@@H](Cc1ccccc1)C(=O)NCC(N)=O.O=S(=O)([O-])C(F)(F)F. The quantitative estimate of drug-likeness (QED) is 0.0951. The minimum absolute atomic E-state index is 0.0208. The number of hydrogen-bond donors (Lipinski definition) is 5. The molecular weight excluding hydrogens is 773 g/mol. The van der Waals surface area contributed by atoms with Crippen LogP contribution >= 0.6 is 11.6 Å². The van der Waals surface area contributed by atoms with Gasteiger partial charge in [-0.3, -0.25) is 28.5 Å². The van der Waals surface area contributed by atoms with Crippen molar-refractivity contribution in [3.63, 3.8) is 0 Å². The Kier molecular flexibility index (Phi) is 16.9. The van der Waals surface area contributed by atoms with Gasteiger partial charge in [0.05, 0.1) is 38.3 Å². The Hall–Kier alpha value is -4.31. The molecule has 2 aromatic carbocycles. The summed E-state index contributed by atoms with van der Waals surface area (Å²) in [7, 11) is -4.52. The monoisotopic (exact) mass is 814 g/mol. The zero-order chi connectivity index (χ0) is 41.1. The Morgan fingerprint density at radius 1 is 0.925 bits per heavy atom. The van der Waals surface area contributed by atoms with E-state index in [1.165, 1.54) is 12.1 Å². The summed E-state index contributed by atoms with van der Waals surface area (Å²) in [6.07, 6.45) is 1.01. The first-order valence-corrected chi connectivity index (χ1v) is 19.1. The largest absolute Gasteiger partial charge is 0.741 e. The second-order valence-corrected chi connectivity index (χ2v) is 16.5. The molecule has 16 nitrogen and oxygen atoms in total. The lowest BCUT2D eigenvalue weighted by atomic mass is 10.0. The van der Waals surface area contributed by atoms with Crippen molar-refractivity contribution >= 4 is 66.8 Å². The normalized spacial score (nSPS) is 13.1. The molecular formula is C31H42ClF3N6O10S2. The topological polar surface area (TPSA) is 251 Å². The highest BCUT2D eigenvalue weighted by Crippen LogP contribution is 2.33. The van der Waals surface area contributed by atoms with Crippen molar-refractivity contribution in [2.75, 3.05) is 40.5 Å². The molecule has 0 bridgehead atoms. The van der Waals surface area contributed by atoms with E-state index in [1.807, 2.05) is 6.07 Å². The van der Waals surface area contributed by atoms with Crippen LogP contribution in [0.1, 0.15) is 36.2 Å². The number of amides is 5. The molecule has 0 spiro atoms. The number of carbonyl (C=O) groups is 5. The van der Waals surface area contributed by atoms with Crippen LogP contribution in [0, 0.1) is 5.92 Å². The second-order valence-electron chi connectivity index (χ2n) is 12.7. The van der Waals surface area contributed by atoms with E-state index in [4.69, 9.17) is 30.3 Å². The van der Waals surface area contributed by atoms with Crippen molar-refractivity contribution in [3.05, 3.63) is 58.6 Å². The Labute approximate surface area is 310 Å². The first kappa shape index (κ1) is 46.7. The van der Waals surface area contributed by atoms with Crippen LogP contribution in [0.15, 0.2) is 47.4 Å². The third kappa shape index (κ3) is 15.7. The Morgan fingerprint density at radius 3 is 1.92 bits per heavy atom. The summed E-state index contributed by atoms with van der Waals surface area (Å²) in [6.45, 7) is 2.92. The molecule has 0 aromatic heterocycles. The van der Waals surface area contributed by atoms with E-state index in [-0.39, 0.29) is 51.8 Å². The first-order valence-electron chi connectivity index (χ1n) is 15.4. The van der Waals surface area contributed by atoms with Gasteiger partial charge in [0, 0.05) is 31.7 Å². The van der Waals surface area contributed by atoms with Gasteiger partial charge < -0.3 is 31.6 Å². The number of rotatable bonds is 15. The number of nitrogens with two attached hydrogens (primary N) is 1. The summed E-state index contributed by atoms with van der Waals surface area (Å²) in [6, 6.07) is 9.55. The van der Waals surface area contributed by atoms with Crippen molar-refractivity contribution in [1.82, 2.24) is 25.8 Å². The molecule has 0 aliphatic carbocycles. The molecule has 6 N–H and O–H groups in total. The first-order chi connectivity index (χ1) is 24.1. The lowest BCUT2D eigenvalue weighted by Crippen LogP contribution is -2.51. The minimum atomic E-state index is -6.09. The van der Waals surface area contributed by atoms with E-state index in [0.29, 0.717) is 5.69 Å². The zero-order valence-electron chi connectivity index (χ0n) is 29.5. The van der Waals surface area contributed by atoms with Crippen LogP contribution in [-0.2, 0) is 45.6 Å². The van der Waals surface area contributed by atoms with Crippen LogP contribution in [0.5, 0.6) is 0 Å². The molecule has 2 rings (SSSR count). The maximum Gasteiger partial charge on any atom is 0.485 e. The van der Waals surface area contributed by atoms with Gasteiger partial charge in [-0.2, -0.15) is 13.2 Å². The molecule has 2 aromatic rings.